The summed E-state index contributed by atoms with van der Waals surface area (Å²) in [4.78, 5) is 31.2. The molecule has 0 radical (unpaired) electrons. The number of halogens is 1. The number of anilines is 3. The number of aryl methyl sites for hydroxylation is 1. The summed E-state index contributed by atoms with van der Waals surface area (Å²) in [6.45, 7) is 4.18. The molecular formula is C26H30ClN5O3. The maximum atomic E-state index is 12.5. The minimum Gasteiger partial charge on any atom is -0.448 e. The summed E-state index contributed by atoms with van der Waals surface area (Å²) >= 11 is 0. The fraction of sp³-hybridized carbons (Fsp3) is 0.269. The molecule has 9 heteroatoms. The summed E-state index contributed by atoms with van der Waals surface area (Å²) in [5, 5.41) is 2.87. The lowest BCUT2D eigenvalue weighted by Crippen LogP contribution is -2.37. The highest BCUT2D eigenvalue weighted by Crippen LogP contribution is 2.23. The Balaban J connectivity index is 0.00000342. The number of hydrazine groups is 1. The number of piperidine rings is 1. The summed E-state index contributed by atoms with van der Waals surface area (Å²) in [7, 11) is 0. The van der Waals surface area contributed by atoms with Crippen molar-refractivity contribution in [1.82, 2.24) is 10.4 Å². The van der Waals surface area contributed by atoms with Crippen molar-refractivity contribution >= 4 is 41.5 Å². The van der Waals surface area contributed by atoms with Gasteiger partial charge in [-0.3, -0.25) is 15.2 Å². The lowest BCUT2D eigenvalue weighted by atomic mass is 9.97. The number of rotatable bonds is 7. The van der Waals surface area contributed by atoms with E-state index in [9.17, 15) is 9.59 Å². The molecule has 0 aliphatic carbocycles. The lowest BCUT2D eigenvalue weighted by molar-refractivity contribution is 0.102. The Morgan fingerprint density at radius 3 is 2.31 bits per heavy atom. The van der Waals surface area contributed by atoms with Crippen LogP contribution in [0.3, 0.4) is 0 Å². The van der Waals surface area contributed by atoms with Crippen LogP contribution in [0.5, 0.6) is 0 Å². The first-order valence-corrected chi connectivity index (χ1v) is 11.4. The Morgan fingerprint density at radius 2 is 1.63 bits per heavy atom. The summed E-state index contributed by atoms with van der Waals surface area (Å²) in [5.74, 6) is 0.0971. The van der Waals surface area contributed by atoms with Gasteiger partial charge in [-0.25, -0.2) is 10.2 Å². The van der Waals surface area contributed by atoms with Gasteiger partial charge >= 0.3 is 6.09 Å². The fourth-order valence-corrected chi connectivity index (χ4v) is 3.86. The highest BCUT2D eigenvalue weighted by atomic mass is 35.5. The van der Waals surface area contributed by atoms with E-state index in [1.54, 1.807) is 36.7 Å². The molecular weight excluding hydrogens is 466 g/mol. The van der Waals surface area contributed by atoms with E-state index >= 15 is 0 Å². The van der Waals surface area contributed by atoms with Crippen LogP contribution in [0.2, 0.25) is 0 Å². The van der Waals surface area contributed by atoms with E-state index in [4.69, 9.17) is 4.74 Å². The van der Waals surface area contributed by atoms with Gasteiger partial charge in [0.2, 0.25) is 0 Å². The number of nitrogens with one attached hydrogen (secondary N) is 3. The minimum absolute atomic E-state index is 0. The number of amides is 2. The molecule has 3 N–H and O–H groups in total. The number of benzene rings is 2. The molecule has 2 amide bonds. The fourth-order valence-electron chi connectivity index (χ4n) is 3.86. The first kappa shape index (κ1) is 25.8. The standard InChI is InChI=1S/C26H29N5O3.ClH/c1-19-6-8-21(9-7-19)25(32)28-23-4-2-3-5-24(23)29-30-26(33)34-18-20-12-16-31(17-13-20)22-10-14-27-15-11-22;/h2-11,14-15,20,29H,12-13,16-18H2,1H3,(H,28,32)(H,30,33);1H. The molecule has 1 fully saturated rings. The van der Waals surface area contributed by atoms with E-state index in [-0.39, 0.29) is 18.3 Å². The van der Waals surface area contributed by atoms with Crippen LogP contribution in [0.4, 0.5) is 21.9 Å². The van der Waals surface area contributed by atoms with Crippen molar-refractivity contribution in [2.75, 3.05) is 35.3 Å². The number of hydrogen-bond acceptors (Lipinski definition) is 6. The zero-order valence-electron chi connectivity index (χ0n) is 19.6. The molecule has 0 unspecified atom stereocenters. The number of hydrogen-bond donors (Lipinski definition) is 3. The van der Waals surface area contributed by atoms with Crippen LogP contribution in [0.1, 0.15) is 28.8 Å². The predicted molar refractivity (Wildman–Crippen MR) is 140 cm³/mol. The maximum absolute atomic E-state index is 12.5. The van der Waals surface area contributed by atoms with Crippen LogP contribution < -0.4 is 21.1 Å². The second-order valence-corrected chi connectivity index (χ2v) is 8.35. The van der Waals surface area contributed by atoms with Crippen LogP contribution in [-0.4, -0.2) is 36.7 Å². The second-order valence-electron chi connectivity index (χ2n) is 8.35. The first-order chi connectivity index (χ1) is 16.6. The maximum Gasteiger partial charge on any atom is 0.425 e. The predicted octanol–water partition coefficient (Wildman–Crippen LogP) is 5.03. The number of carbonyl (C=O) groups excluding carboxylic acids is 2. The topological polar surface area (TPSA) is 95.6 Å². The molecule has 2 aromatic carbocycles. The highest BCUT2D eigenvalue weighted by Gasteiger charge is 2.21. The molecule has 1 aliphatic heterocycles. The summed E-state index contributed by atoms with van der Waals surface area (Å²) < 4.78 is 5.42. The summed E-state index contributed by atoms with van der Waals surface area (Å²) in [5.41, 5.74) is 9.32. The molecule has 2 heterocycles. The number of nitrogens with zero attached hydrogens (tertiary/aromatic N) is 2. The van der Waals surface area contributed by atoms with Gasteiger partial charge in [0.15, 0.2) is 0 Å². The van der Waals surface area contributed by atoms with E-state index < -0.39 is 6.09 Å². The Labute approximate surface area is 211 Å². The van der Waals surface area contributed by atoms with Crippen molar-refractivity contribution in [3.05, 3.63) is 84.2 Å². The normalized spacial score (nSPS) is 13.3. The molecule has 8 nitrogen and oxygen atoms in total. The van der Waals surface area contributed by atoms with Crippen molar-refractivity contribution in [2.24, 2.45) is 5.92 Å². The number of aromatic nitrogens is 1. The van der Waals surface area contributed by atoms with Gasteiger partial charge in [-0.05, 0) is 62.1 Å². The molecule has 0 saturated carbocycles. The first-order valence-electron chi connectivity index (χ1n) is 11.4. The van der Waals surface area contributed by atoms with Crippen LogP contribution in [0, 0.1) is 12.8 Å². The number of para-hydroxylation sites is 2. The van der Waals surface area contributed by atoms with Crippen molar-refractivity contribution in [1.29, 1.82) is 0 Å². The quantitative estimate of drug-likeness (QED) is 0.398. The third kappa shape index (κ3) is 7.35. The van der Waals surface area contributed by atoms with Gasteiger partial charge < -0.3 is 15.0 Å². The van der Waals surface area contributed by atoms with Crippen LogP contribution in [0.15, 0.2) is 73.1 Å². The van der Waals surface area contributed by atoms with Gasteiger partial charge in [-0.2, -0.15) is 0 Å². The Kier molecular flexibility index (Phi) is 9.31. The number of carbonyl (C=O) groups is 2. The van der Waals surface area contributed by atoms with Gasteiger partial charge in [0.1, 0.15) is 0 Å². The molecule has 3 aromatic rings. The molecule has 0 spiro atoms. The third-order valence-electron chi connectivity index (χ3n) is 5.88. The van der Waals surface area contributed by atoms with Gasteiger partial charge in [-0.15, -0.1) is 12.4 Å². The van der Waals surface area contributed by atoms with E-state index in [2.05, 4.69) is 26.1 Å². The van der Waals surface area contributed by atoms with Crippen LogP contribution >= 0.6 is 12.4 Å². The Hall–Kier alpha value is -3.78. The minimum atomic E-state index is -0.559. The molecule has 1 aromatic heterocycles. The zero-order chi connectivity index (χ0) is 23.8. The molecule has 4 rings (SSSR count). The molecule has 35 heavy (non-hydrogen) atoms. The van der Waals surface area contributed by atoms with E-state index in [1.807, 2.05) is 43.3 Å². The Morgan fingerprint density at radius 1 is 0.971 bits per heavy atom. The third-order valence-corrected chi connectivity index (χ3v) is 5.88. The average Bonchev–Trinajstić information content (AvgIpc) is 2.88. The largest absolute Gasteiger partial charge is 0.448 e. The number of pyridine rings is 1. The Bertz CT molecular complexity index is 1100. The molecule has 1 saturated heterocycles. The van der Waals surface area contributed by atoms with Crippen LogP contribution in [0.25, 0.3) is 0 Å². The molecule has 184 valence electrons. The number of ether oxygens (including phenoxy) is 1. The lowest BCUT2D eigenvalue weighted by Gasteiger charge is -2.33. The van der Waals surface area contributed by atoms with Crippen LogP contribution in [-0.2, 0) is 4.74 Å². The van der Waals surface area contributed by atoms with Crippen molar-refractivity contribution in [2.45, 2.75) is 19.8 Å². The van der Waals surface area contributed by atoms with Crippen molar-refractivity contribution < 1.29 is 14.3 Å². The van der Waals surface area contributed by atoms with Gasteiger partial charge in [-0.1, -0.05) is 29.8 Å². The molecule has 0 bridgehead atoms. The van der Waals surface area contributed by atoms with Crippen molar-refractivity contribution in [3.8, 4) is 0 Å². The summed E-state index contributed by atoms with van der Waals surface area (Å²) in [6, 6.07) is 18.5. The molecule has 0 atom stereocenters. The average molecular weight is 496 g/mol. The monoisotopic (exact) mass is 495 g/mol. The SMILES string of the molecule is Cc1ccc(C(=O)Nc2ccccc2NNC(=O)OCC2CCN(c3ccncc3)CC2)cc1.Cl. The van der Waals surface area contributed by atoms with Crippen molar-refractivity contribution in [3.63, 3.8) is 0 Å². The van der Waals surface area contributed by atoms with E-state index in [0.717, 1.165) is 31.5 Å². The smallest absolute Gasteiger partial charge is 0.425 e. The summed E-state index contributed by atoms with van der Waals surface area (Å²) in [6.07, 6.45) is 4.95. The van der Waals surface area contributed by atoms with Gasteiger partial charge in [0, 0.05) is 36.7 Å². The highest BCUT2D eigenvalue weighted by molar-refractivity contribution is 6.05. The second kappa shape index (κ2) is 12.6. The van der Waals surface area contributed by atoms with E-state index in [0.29, 0.717) is 29.5 Å². The van der Waals surface area contributed by atoms with Gasteiger partial charge in [0.05, 0.1) is 18.0 Å². The molecule has 1 aliphatic rings. The zero-order valence-corrected chi connectivity index (χ0v) is 20.4. The van der Waals surface area contributed by atoms with Gasteiger partial charge in [0.25, 0.3) is 5.91 Å². The van der Waals surface area contributed by atoms with E-state index in [1.165, 1.54) is 5.69 Å².